The quantitative estimate of drug-likeness (QED) is 0.223. The second-order valence-electron chi connectivity index (χ2n) is 9.67. The number of thiophene rings is 1. The van der Waals surface area contributed by atoms with Crippen molar-refractivity contribution in [3.8, 4) is 27.9 Å². The van der Waals surface area contributed by atoms with Crippen LogP contribution in [0.15, 0.2) is 115 Å². The second kappa shape index (κ2) is 6.63. The molecule has 0 bridgehead atoms. The van der Waals surface area contributed by atoms with Crippen molar-refractivity contribution < 1.29 is 0 Å². The summed E-state index contributed by atoms with van der Waals surface area (Å²) < 4.78 is 5.25. The monoisotopic (exact) mass is 473 g/mol. The number of hydrogen-bond acceptors (Lipinski definition) is 1. The van der Waals surface area contributed by atoms with E-state index in [-0.39, 0.29) is 0 Å². The summed E-state index contributed by atoms with van der Waals surface area (Å²) in [6.07, 6.45) is 0. The van der Waals surface area contributed by atoms with Crippen LogP contribution in [0.5, 0.6) is 0 Å². The Balaban J connectivity index is 1.68. The van der Waals surface area contributed by atoms with Crippen molar-refractivity contribution in [2.24, 2.45) is 0 Å². The molecule has 1 nitrogen and oxygen atoms in total. The van der Waals surface area contributed by atoms with Gasteiger partial charge in [-0.1, -0.05) is 91.0 Å². The number of hydrogen-bond donors (Lipinski definition) is 0. The molecule has 36 heavy (non-hydrogen) atoms. The first-order chi connectivity index (χ1) is 17.9. The maximum Gasteiger partial charge on any atom is 0.0633 e. The minimum Gasteiger partial charge on any atom is -0.309 e. The van der Waals surface area contributed by atoms with Crippen LogP contribution >= 0.6 is 11.3 Å². The Morgan fingerprint density at radius 3 is 2.03 bits per heavy atom. The number of rotatable bonds is 1. The lowest BCUT2D eigenvalue weighted by Crippen LogP contribution is -1.95. The highest BCUT2D eigenvalue weighted by Gasteiger charge is 2.31. The molecule has 8 aromatic rings. The van der Waals surface area contributed by atoms with Crippen LogP contribution < -0.4 is 0 Å². The van der Waals surface area contributed by atoms with Gasteiger partial charge in [0.25, 0.3) is 0 Å². The van der Waals surface area contributed by atoms with E-state index in [0.717, 1.165) is 0 Å². The first-order valence-corrected chi connectivity index (χ1v) is 13.2. The third kappa shape index (κ3) is 2.17. The Hall–Kier alpha value is -4.40. The van der Waals surface area contributed by atoms with Crippen molar-refractivity contribution in [3.05, 3.63) is 115 Å². The first-order valence-electron chi connectivity index (χ1n) is 12.4. The van der Waals surface area contributed by atoms with Gasteiger partial charge < -0.3 is 4.57 Å². The van der Waals surface area contributed by atoms with Crippen molar-refractivity contribution in [1.29, 1.82) is 0 Å². The van der Waals surface area contributed by atoms with E-state index in [1.54, 1.807) is 0 Å². The third-order valence-electron chi connectivity index (χ3n) is 7.89. The number of aromatic nitrogens is 1. The largest absolute Gasteiger partial charge is 0.309 e. The predicted octanol–water partition coefficient (Wildman–Crippen LogP) is 9.95. The summed E-state index contributed by atoms with van der Waals surface area (Å²) in [7, 11) is 0. The second-order valence-corrected chi connectivity index (χ2v) is 10.7. The Labute approximate surface area is 211 Å². The van der Waals surface area contributed by atoms with E-state index in [2.05, 4.69) is 120 Å². The summed E-state index contributed by atoms with van der Waals surface area (Å²) in [4.78, 5) is 0. The number of benzene rings is 6. The molecule has 0 atom stereocenters. The molecule has 6 aromatic carbocycles. The van der Waals surface area contributed by atoms with Crippen LogP contribution in [-0.2, 0) is 0 Å². The molecule has 1 aliphatic rings. The molecule has 0 amide bonds. The molecule has 2 aromatic heterocycles. The highest BCUT2D eigenvalue weighted by Crippen LogP contribution is 2.58. The van der Waals surface area contributed by atoms with E-state index < -0.39 is 0 Å². The van der Waals surface area contributed by atoms with Gasteiger partial charge in [0.05, 0.1) is 11.0 Å². The minimum absolute atomic E-state index is 1.20. The standard InChI is InChI=1S/C34H19NS/c1-2-12-21(13-3-1)35-26-18-6-4-14-22(26)29-31-23-15-5-7-19-27(23)36-34(31)32-25-17-9-11-20-10-8-16-24(28(20)25)30(32)33(29)35/h1-19H. The van der Waals surface area contributed by atoms with Crippen molar-refractivity contribution in [1.82, 2.24) is 4.57 Å². The molecule has 0 saturated heterocycles. The lowest BCUT2D eigenvalue weighted by molar-refractivity contribution is 1.18. The predicted molar refractivity (Wildman–Crippen MR) is 156 cm³/mol. The van der Waals surface area contributed by atoms with Gasteiger partial charge in [-0.15, -0.1) is 11.3 Å². The van der Waals surface area contributed by atoms with Gasteiger partial charge in [0.1, 0.15) is 0 Å². The number of nitrogens with zero attached hydrogens (tertiary/aromatic N) is 1. The summed E-state index contributed by atoms with van der Waals surface area (Å²) in [5.74, 6) is 0. The summed E-state index contributed by atoms with van der Waals surface area (Å²) in [5.41, 5.74) is 9.25. The van der Waals surface area contributed by atoms with Crippen LogP contribution in [0.3, 0.4) is 0 Å². The van der Waals surface area contributed by atoms with Gasteiger partial charge in [-0.05, 0) is 46.2 Å². The van der Waals surface area contributed by atoms with Gasteiger partial charge in [0.2, 0.25) is 0 Å². The van der Waals surface area contributed by atoms with Crippen LogP contribution in [0.4, 0.5) is 0 Å². The molecule has 1 aliphatic carbocycles. The minimum atomic E-state index is 1.20. The molecule has 0 fully saturated rings. The van der Waals surface area contributed by atoms with Gasteiger partial charge in [0.15, 0.2) is 0 Å². The lowest BCUT2D eigenvalue weighted by Gasteiger charge is -2.13. The van der Waals surface area contributed by atoms with Crippen molar-refractivity contribution >= 4 is 64.1 Å². The van der Waals surface area contributed by atoms with Gasteiger partial charge in [-0.2, -0.15) is 0 Å². The molecule has 0 aliphatic heterocycles. The Morgan fingerprint density at radius 1 is 0.500 bits per heavy atom. The fourth-order valence-electron chi connectivity index (χ4n) is 6.55. The van der Waals surface area contributed by atoms with E-state index in [0.29, 0.717) is 0 Å². The molecule has 2 heteroatoms. The van der Waals surface area contributed by atoms with Crippen LogP contribution in [0.25, 0.3) is 80.7 Å². The highest BCUT2D eigenvalue weighted by atomic mass is 32.1. The number of para-hydroxylation sites is 2. The van der Waals surface area contributed by atoms with Gasteiger partial charge in [-0.3, -0.25) is 0 Å². The van der Waals surface area contributed by atoms with E-state index in [4.69, 9.17) is 0 Å². The molecule has 166 valence electrons. The zero-order chi connectivity index (χ0) is 23.4. The molecule has 0 spiro atoms. The van der Waals surface area contributed by atoms with Crippen molar-refractivity contribution in [2.45, 2.75) is 0 Å². The average Bonchev–Trinajstić information content (AvgIpc) is 3.58. The fraction of sp³-hybridized carbons (Fsp3) is 0. The molecule has 0 unspecified atom stereocenters. The van der Waals surface area contributed by atoms with Crippen LogP contribution in [0.1, 0.15) is 0 Å². The smallest absolute Gasteiger partial charge is 0.0633 e. The average molecular weight is 474 g/mol. The van der Waals surface area contributed by atoms with Crippen molar-refractivity contribution in [3.63, 3.8) is 0 Å². The first kappa shape index (κ1) is 18.9. The Morgan fingerprint density at radius 2 is 1.19 bits per heavy atom. The van der Waals surface area contributed by atoms with E-state index in [1.165, 1.54) is 80.7 Å². The van der Waals surface area contributed by atoms with Crippen LogP contribution in [0.2, 0.25) is 0 Å². The molecule has 0 saturated carbocycles. The highest BCUT2D eigenvalue weighted by molar-refractivity contribution is 7.26. The summed E-state index contributed by atoms with van der Waals surface area (Å²) in [5, 5.41) is 8.11. The third-order valence-corrected chi connectivity index (χ3v) is 9.08. The Bertz CT molecular complexity index is 2190. The van der Waals surface area contributed by atoms with E-state index >= 15 is 0 Å². The lowest BCUT2D eigenvalue weighted by atomic mass is 9.95. The zero-order valence-electron chi connectivity index (χ0n) is 19.3. The van der Waals surface area contributed by atoms with Gasteiger partial charge in [0, 0.05) is 47.8 Å². The molecule has 2 heterocycles. The zero-order valence-corrected chi connectivity index (χ0v) is 20.1. The maximum atomic E-state index is 2.50. The summed E-state index contributed by atoms with van der Waals surface area (Å²) >= 11 is 1.94. The molecule has 0 radical (unpaired) electrons. The van der Waals surface area contributed by atoms with Crippen LogP contribution in [-0.4, -0.2) is 4.57 Å². The normalized spacial score (nSPS) is 12.4. The van der Waals surface area contributed by atoms with Crippen LogP contribution in [0, 0.1) is 0 Å². The molecular formula is C34H19NS. The number of fused-ring (bicyclic) bond motifs is 12. The van der Waals surface area contributed by atoms with Gasteiger partial charge >= 0.3 is 0 Å². The van der Waals surface area contributed by atoms with Gasteiger partial charge in [-0.25, -0.2) is 0 Å². The summed E-state index contributed by atoms with van der Waals surface area (Å²) in [6, 6.07) is 42.3. The van der Waals surface area contributed by atoms with E-state index in [9.17, 15) is 0 Å². The fourth-order valence-corrected chi connectivity index (χ4v) is 7.83. The molecule has 0 N–H and O–H groups in total. The topological polar surface area (TPSA) is 4.93 Å². The SMILES string of the molecule is c1ccc(-n2c3ccccc3c3c4c(sc5ccccc54)c4c(c32)-c2cccc3cccc-4c23)cc1. The van der Waals surface area contributed by atoms with Crippen molar-refractivity contribution in [2.75, 3.05) is 0 Å². The molecule has 9 rings (SSSR count). The maximum absolute atomic E-state index is 2.50. The van der Waals surface area contributed by atoms with E-state index in [1.807, 2.05) is 11.3 Å². The molecular weight excluding hydrogens is 454 g/mol. The summed E-state index contributed by atoms with van der Waals surface area (Å²) in [6.45, 7) is 0. The Kier molecular flexibility index (Phi) is 3.47.